The number of hydrogen-bond donors (Lipinski definition) is 3. The molecule has 6 heteroatoms. The molecule has 1 unspecified atom stereocenters. The average Bonchev–Trinajstić information content (AvgIpc) is 3.10. The summed E-state index contributed by atoms with van der Waals surface area (Å²) in [5, 5.41) is 18.4. The van der Waals surface area contributed by atoms with Crippen molar-refractivity contribution in [2.75, 3.05) is 6.54 Å². The van der Waals surface area contributed by atoms with E-state index in [0.717, 1.165) is 22.2 Å². The third-order valence-corrected chi connectivity index (χ3v) is 4.49. The number of aryl methyl sites for hydroxylation is 3. The van der Waals surface area contributed by atoms with Crippen molar-refractivity contribution >= 4 is 16.8 Å². The summed E-state index contributed by atoms with van der Waals surface area (Å²) in [4.78, 5) is 15.7. The molecule has 0 bridgehead atoms. The molecule has 0 radical (unpaired) electrons. The first-order valence-electron chi connectivity index (χ1n) is 7.86. The van der Waals surface area contributed by atoms with Crippen LogP contribution < -0.4 is 5.32 Å². The van der Waals surface area contributed by atoms with Gasteiger partial charge in [-0.3, -0.25) is 9.48 Å². The molecular formula is C18H22N4O2. The largest absolute Gasteiger partial charge is 0.383 e. The summed E-state index contributed by atoms with van der Waals surface area (Å²) in [5.74, 6) is -0.209. The second-order valence-corrected chi connectivity index (χ2v) is 6.49. The number of aliphatic hydroxyl groups is 1. The molecule has 0 fully saturated rings. The van der Waals surface area contributed by atoms with Crippen molar-refractivity contribution in [1.29, 1.82) is 0 Å². The molecule has 0 spiro atoms. The van der Waals surface area contributed by atoms with Gasteiger partial charge in [0.25, 0.3) is 5.91 Å². The number of nitrogens with one attached hydrogen (secondary N) is 2. The van der Waals surface area contributed by atoms with E-state index in [9.17, 15) is 9.90 Å². The van der Waals surface area contributed by atoms with Crippen LogP contribution in [0.4, 0.5) is 0 Å². The highest BCUT2D eigenvalue weighted by Gasteiger charge is 2.25. The Morgan fingerprint density at radius 2 is 2.17 bits per heavy atom. The maximum atomic E-state index is 12.4. The van der Waals surface area contributed by atoms with Gasteiger partial charge in [0.2, 0.25) is 0 Å². The predicted octanol–water partition coefficient (Wildman–Crippen LogP) is 2.16. The third-order valence-electron chi connectivity index (χ3n) is 4.49. The summed E-state index contributed by atoms with van der Waals surface area (Å²) in [6, 6.07) is 5.57. The molecule has 0 saturated carbocycles. The zero-order chi connectivity index (χ0) is 17.5. The van der Waals surface area contributed by atoms with Crippen LogP contribution in [0.15, 0.2) is 30.6 Å². The van der Waals surface area contributed by atoms with Crippen LogP contribution in [0.2, 0.25) is 0 Å². The molecule has 126 valence electrons. The number of aromatic nitrogens is 3. The van der Waals surface area contributed by atoms with Gasteiger partial charge in [0, 0.05) is 41.0 Å². The molecule has 0 saturated heterocycles. The van der Waals surface area contributed by atoms with Gasteiger partial charge in [-0.2, -0.15) is 5.10 Å². The number of carbonyl (C=O) groups is 1. The monoisotopic (exact) mass is 326 g/mol. The number of benzene rings is 1. The number of fused-ring (bicyclic) bond motifs is 1. The van der Waals surface area contributed by atoms with Crippen molar-refractivity contribution in [3.8, 4) is 0 Å². The number of H-pyrrole nitrogens is 1. The van der Waals surface area contributed by atoms with Crippen LogP contribution in [-0.4, -0.2) is 32.3 Å². The van der Waals surface area contributed by atoms with Crippen molar-refractivity contribution in [3.05, 3.63) is 53.0 Å². The van der Waals surface area contributed by atoms with Crippen LogP contribution in [0.1, 0.15) is 34.1 Å². The van der Waals surface area contributed by atoms with Crippen molar-refractivity contribution in [2.45, 2.75) is 26.4 Å². The quantitative estimate of drug-likeness (QED) is 0.687. The van der Waals surface area contributed by atoms with Gasteiger partial charge in [-0.05, 0) is 44.5 Å². The first-order chi connectivity index (χ1) is 11.3. The summed E-state index contributed by atoms with van der Waals surface area (Å²) >= 11 is 0. The molecule has 24 heavy (non-hydrogen) atoms. The maximum Gasteiger partial charge on any atom is 0.251 e. The fraction of sp³-hybridized carbons (Fsp3) is 0.333. The lowest BCUT2D eigenvalue weighted by atomic mass is 9.99. The first-order valence-corrected chi connectivity index (χ1v) is 7.86. The molecule has 0 aliphatic heterocycles. The van der Waals surface area contributed by atoms with E-state index < -0.39 is 5.60 Å². The molecule has 1 atom stereocenters. The first kappa shape index (κ1) is 16.3. The van der Waals surface area contributed by atoms with Gasteiger partial charge in [-0.1, -0.05) is 0 Å². The summed E-state index contributed by atoms with van der Waals surface area (Å²) in [5.41, 5.74) is 3.33. The molecule has 3 N–H and O–H groups in total. The normalized spacial score (nSPS) is 13.9. The van der Waals surface area contributed by atoms with E-state index in [1.165, 1.54) is 0 Å². The highest BCUT2D eigenvalue weighted by atomic mass is 16.3. The van der Waals surface area contributed by atoms with Gasteiger partial charge >= 0.3 is 0 Å². The van der Waals surface area contributed by atoms with Crippen LogP contribution in [-0.2, 0) is 12.6 Å². The van der Waals surface area contributed by atoms with E-state index in [-0.39, 0.29) is 12.5 Å². The number of carbonyl (C=O) groups excluding carboxylic acids is 1. The summed E-state index contributed by atoms with van der Waals surface area (Å²) in [7, 11) is 1.79. The Balaban J connectivity index is 1.76. The van der Waals surface area contributed by atoms with Crippen LogP contribution in [0.5, 0.6) is 0 Å². The number of hydrogen-bond acceptors (Lipinski definition) is 3. The lowest BCUT2D eigenvalue weighted by Gasteiger charge is -2.22. The highest BCUT2D eigenvalue weighted by Crippen LogP contribution is 2.23. The summed E-state index contributed by atoms with van der Waals surface area (Å²) in [6.07, 6.45) is 3.34. The molecular weight excluding hydrogens is 304 g/mol. The van der Waals surface area contributed by atoms with Gasteiger partial charge in [0.15, 0.2) is 0 Å². The smallest absolute Gasteiger partial charge is 0.251 e. The number of rotatable bonds is 4. The Bertz CT molecular complexity index is 905. The van der Waals surface area contributed by atoms with Crippen LogP contribution in [0.25, 0.3) is 10.9 Å². The molecule has 1 aromatic carbocycles. The van der Waals surface area contributed by atoms with E-state index in [1.54, 1.807) is 37.1 Å². The standard InChI is InChI=1S/C18H22N4O2/c1-11-12(2)21-16-6-5-13(7-15(11)16)17(23)19-10-18(3,24)14-8-20-22(4)9-14/h5-9,21,24H,10H2,1-4H3,(H,19,23). The van der Waals surface area contributed by atoms with Gasteiger partial charge in [-0.15, -0.1) is 0 Å². The van der Waals surface area contributed by atoms with E-state index in [2.05, 4.69) is 15.4 Å². The Labute approximate surface area is 140 Å². The van der Waals surface area contributed by atoms with Gasteiger partial charge in [0.05, 0.1) is 12.7 Å². The zero-order valence-corrected chi connectivity index (χ0v) is 14.3. The Kier molecular flexibility index (Phi) is 3.93. The Morgan fingerprint density at radius 3 is 2.83 bits per heavy atom. The van der Waals surface area contributed by atoms with Crippen LogP contribution >= 0.6 is 0 Å². The van der Waals surface area contributed by atoms with Crippen molar-refractivity contribution in [2.24, 2.45) is 7.05 Å². The molecule has 3 aromatic rings. The van der Waals surface area contributed by atoms with E-state index in [1.807, 2.05) is 26.0 Å². The second kappa shape index (κ2) is 5.79. The van der Waals surface area contributed by atoms with Crippen LogP contribution in [0.3, 0.4) is 0 Å². The van der Waals surface area contributed by atoms with Gasteiger partial charge in [-0.25, -0.2) is 0 Å². The maximum absolute atomic E-state index is 12.4. The average molecular weight is 326 g/mol. The summed E-state index contributed by atoms with van der Waals surface area (Å²) in [6.45, 7) is 5.82. The molecule has 2 heterocycles. The van der Waals surface area contributed by atoms with Crippen LogP contribution in [0, 0.1) is 13.8 Å². The van der Waals surface area contributed by atoms with Crippen molar-refractivity contribution in [1.82, 2.24) is 20.1 Å². The fourth-order valence-corrected chi connectivity index (χ4v) is 2.76. The molecule has 6 nitrogen and oxygen atoms in total. The minimum atomic E-state index is -1.17. The lowest BCUT2D eigenvalue weighted by Crippen LogP contribution is -2.38. The van der Waals surface area contributed by atoms with Crippen molar-refractivity contribution in [3.63, 3.8) is 0 Å². The van der Waals surface area contributed by atoms with Crippen molar-refractivity contribution < 1.29 is 9.90 Å². The number of aromatic amines is 1. The second-order valence-electron chi connectivity index (χ2n) is 6.49. The molecule has 1 amide bonds. The highest BCUT2D eigenvalue weighted by molar-refractivity contribution is 5.99. The minimum Gasteiger partial charge on any atom is -0.383 e. The Morgan fingerprint density at radius 1 is 1.42 bits per heavy atom. The molecule has 3 rings (SSSR count). The van der Waals surface area contributed by atoms with E-state index in [0.29, 0.717) is 11.1 Å². The van der Waals surface area contributed by atoms with E-state index >= 15 is 0 Å². The fourth-order valence-electron chi connectivity index (χ4n) is 2.76. The number of nitrogens with zero attached hydrogens (tertiary/aromatic N) is 2. The molecule has 0 aliphatic rings. The predicted molar refractivity (Wildman–Crippen MR) is 92.9 cm³/mol. The zero-order valence-electron chi connectivity index (χ0n) is 14.3. The molecule has 0 aliphatic carbocycles. The van der Waals surface area contributed by atoms with Gasteiger partial charge in [0.1, 0.15) is 5.60 Å². The SMILES string of the molecule is Cc1[nH]c2ccc(C(=O)NCC(C)(O)c3cnn(C)c3)cc2c1C. The van der Waals surface area contributed by atoms with E-state index in [4.69, 9.17) is 0 Å². The summed E-state index contributed by atoms with van der Waals surface area (Å²) < 4.78 is 1.62. The third kappa shape index (κ3) is 2.92. The van der Waals surface area contributed by atoms with Gasteiger partial charge < -0.3 is 15.4 Å². The molecule has 2 aromatic heterocycles. The minimum absolute atomic E-state index is 0.112. The number of amides is 1. The topological polar surface area (TPSA) is 82.9 Å². The lowest BCUT2D eigenvalue weighted by molar-refractivity contribution is 0.0526. The Hall–Kier alpha value is -2.60.